The molecule has 2 rings (SSSR count). The molecule has 2 aromatic rings. The molecule has 1 N–H and O–H groups in total. The molecular weight excluding hydrogens is 236 g/mol. The van der Waals surface area contributed by atoms with Crippen molar-refractivity contribution in [1.29, 1.82) is 0 Å². The number of benzene rings is 1. The Morgan fingerprint density at radius 3 is 2.89 bits per heavy atom. The highest BCUT2D eigenvalue weighted by Crippen LogP contribution is 2.16. The summed E-state index contributed by atoms with van der Waals surface area (Å²) >= 11 is 0. The monoisotopic (exact) mass is 258 g/mol. The van der Waals surface area contributed by atoms with E-state index in [9.17, 15) is 0 Å². The van der Waals surface area contributed by atoms with Crippen LogP contribution in [0, 0.1) is 0 Å². The van der Waals surface area contributed by atoms with Crippen LogP contribution in [-0.2, 0) is 11.3 Å². The van der Waals surface area contributed by atoms with E-state index in [1.165, 1.54) is 10.9 Å². The highest BCUT2D eigenvalue weighted by molar-refractivity contribution is 5.81. The predicted molar refractivity (Wildman–Crippen MR) is 79.2 cm³/mol. The summed E-state index contributed by atoms with van der Waals surface area (Å²) in [5.41, 5.74) is 2.33. The fraction of sp³-hybridized carbons (Fsp3) is 0.438. The smallest absolute Gasteiger partial charge is 0.0746 e. The third-order valence-electron chi connectivity index (χ3n) is 3.30. The average molecular weight is 258 g/mol. The molecule has 102 valence electrons. The normalized spacial score (nSPS) is 12.7. The van der Waals surface area contributed by atoms with Gasteiger partial charge in [-0.05, 0) is 18.1 Å². The Morgan fingerprint density at radius 1 is 1.26 bits per heavy atom. The lowest BCUT2D eigenvalue weighted by Crippen LogP contribution is -2.32. The van der Waals surface area contributed by atoms with Crippen molar-refractivity contribution in [3.05, 3.63) is 42.1 Å². The van der Waals surface area contributed by atoms with E-state index >= 15 is 0 Å². The molecule has 1 atom stereocenters. The van der Waals surface area contributed by atoms with E-state index in [0.29, 0.717) is 6.04 Å². The van der Waals surface area contributed by atoms with Crippen LogP contribution in [0.5, 0.6) is 0 Å². The maximum absolute atomic E-state index is 5.25. The minimum Gasteiger partial charge on any atom is -0.383 e. The van der Waals surface area contributed by atoms with Crippen LogP contribution >= 0.6 is 0 Å². The molecule has 1 unspecified atom stereocenters. The molecule has 19 heavy (non-hydrogen) atoms. The molecule has 3 heteroatoms. The van der Waals surface area contributed by atoms with Crippen LogP contribution in [0.4, 0.5) is 0 Å². The topological polar surface area (TPSA) is 34.1 Å². The third-order valence-corrected chi connectivity index (χ3v) is 3.30. The molecule has 0 aliphatic heterocycles. The van der Waals surface area contributed by atoms with E-state index < -0.39 is 0 Å². The molecule has 0 radical (unpaired) electrons. The number of nitrogens with zero attached hydrogens (tertiary/aromatic N) is 1. The van der Waals surface area contributed by atoms with Gasteiger partial charge in [0.1, 0.15) is 0 Å². The minimum absolute atomic E-state index is 0.411. The quantitative estimate of drug-likeness (QED) is 0.828. The summed E-state index contributed by atoms with van der Waals surface area (Å²) < 4.78 is 5.25. The molecule has 0 aliphatic carbocycles. The summed E-state index contributed by atoms with van der Waals surface area (Å²) in [4.78, 5) is 4.48. The van der Waals surface area contributed by atoms with Gasteiger partial charge in [0.25, 0.3) is 0 Å². The Balaban J connectivity index is 2.08. The fourth-order valence-corrected chi connectivity index (χ4v) is 2.36. The largest absolute Gasteiger partial charge is 0.383 e. The summed E-state index contributed by atoms with van der Waals surface area (Å²) in [6.45, 7) is 3.79. The molecule has 0 saturated heterocycles. The first-order valence-corrected chi connectivity index (χ1v) is 6.90. The predicted octanol–water partition coefficient (Wildman–Crippen LogP) is 3.14. The van der Waals surface area contributed by atoms with Gasteiger partial charge in [-0.15, -0.1) is 0 Å². The number of hydrogen-bond acceptors (Lipinski definition) is 3. The van der Waals surface area contributed by atoms with Crippen LogP contribution in [-0.4, -0.2) is 24.7 Å². The highest BCUT2D eigenvalue weighted by atomic mass is 16.5. The molecule has 3 nitrogen and oxygen atoms in total. The molecule has 1 aromatic heterocycles. The maximum Gasteiger partial charge on any atom is 0.0746 e. The Hall–Kier alpha value is -1.45. The van der Waals surface area contributed by atoms with Gasteiger partial charge in [-0.3, -0.25) is 4.98 Å². The van der Waals surface area contributed by atoms with Crippen molar-refractivity contribution in [1.82, 2.24) is 10.3 Å². The Morgan fingerprint density at radius 2 is 2.11 bits per heavy atom. The van der Waals surface area contributed by atoms with Crippen LogP contribution < -0.4 is 5.32 Å². The van der Waals surface area contributed by atoms with Crippen LogP contribution in [0.25, 0.3) is 10.9 Å². The number of ether oxygens (including phenoxy) is 1. The lowest BCUT2D eigenvalue weighted by Gasteiger charge is -2.17. The van der Waals surface area contributed by atoms with E-state index in [1.807, 2.05) is 12.3 Å². The number of aromatic nitrogens is 1. The highest BCUT2D eigenvalue weighted by Gasteiger charge is 2.08. The molecule has 0 fully saturated rings. The van der Waals surface area contributed by atoms with Crippen LogP contribution in [0.2, 0.25) is 0 Å². The Kier molecular flexibility index (Phi) is 5.31. The van der Waals surface area contributed by atoms with E-state index in [0.717, 1.165) is 31.5 Å². The van der Waals surface area contributed by atoms with E-state index in [4.69, 9.17) is 4.74 Å². The maximum atomic E-state index is 5.25. The number of rotatable bonds is 7. The number of fused-ring (bicyclic) bond motifs is 1. The molecule has 0 bridgehead atoms. The van der Waals surface area contributed by atoms with Crippen molar-refractivity contribution in [2.24, 2.45) is 0 Å². The molecule has 0 amide bonds. The molecular formula is C16H22N2O. The number of methoxy groups -OCH3 is 1. The van der Waals surface area contributed by atoms with Crippen molar-refractivity contribution in [3.63, 3.8) is 0 Å². The van der Waals surface area contributed by atoms with Crippen LogP contribution in [0.15, 0.2) is 36.5 Å². The minimum atomic E-state index is 0.411. The van der Waals surface area contributed by atoms with Crippen molar-refractivity contribution in [3.8, 4) is 0 Å². The van der Waals surface area contributed by atoms with Gasteiger partial charge in [-0.2, -0.15) is 0 Å². The first-order valence-electron chi connectivity index (χ1n) is 6.90. The van der Waals surface area contributed by atoms with E-state index in [-0.39, 0.29) is 0 Å². The summed E-state index contributed by atoms with van der Waals surface area (Å²) in [6, 6.07) is 10.8. The average Bonchev–Trinajstić information content (AvgIpc) is 2.45. The number of pyridine rings is 1. The summed E-state index contributed by atoms with van der Waals surface area (Å²) in [7, 11) is 1.75. The first-order chi connectivity index (χ1) is 9.35. The summed E-state index contributed by atoms with van der Waals surface area (Å²) in [5, 5.41) is 4.76. The van der Waals surface area contributed by atoms with Crippen molar-refractivity contribution in [2.45, 2.75) is 32.4 Å². The zero-order chi connectivity index (χ0) is 13.5. The van der Waals surface area contributed by atoms with Crippen LogP contribution in [0.3, 0.4) is 0 Å². The van der Waals surface area contributed by atoms with Gasteiger partial charge in [-0.25, -0.2) is 0 Å². The van der Waals surface area contributed by atoms with Gasteiger partial charge in [0.2, 0.25) is 0 Å². The van der Waals surface area contributed by atoms with Gasteiger partial charge in [0.05, 0.1) is 12.1 Å². The Labute approximate surface area is 115 Å². The van der Waals surface area contributed by atoms with Crippen molar-refractivity contribution >= 4 is 10.9 Å². The zero-order valence-electron chi connectivity index (χ0n) is 11.7. The second-order valence-corrected chi connectivity index (χ2v) is 4.81. The summed E-state index contributed by atoms with van der Waals surface area (Å²) in [6.07, 6.45) is 4.14. The first kappa shape index (κ1) is 14.0. The summed E-state index contributed by atoms with van der Waals surface area (Å²) in [5.74, 6) is 0. The van der Waals surface area contributed by atoms with Gasteiger partial charge in [-0.1, -0.05) is 37.6 Å². The van der Waals surface area contributed by atoms with E-state index in [1.54, 1.807) is 7.11 Å². The number of para-hydroxylation sites is 1. The molecule has 0 aliphatic rings. The van der Waals surface area contributed by atoms with Gasteiger partial charge < -0.3 is 10.1 Å². The second-order valence-electron chi connectivity index (χ2n) is 4.81. The second kappa shape index (κ2) is 7.22. The molecule has 1 heterocycles. The molecule has 1 aromatic carbocycles. The fourth-order valence-electron chi connectivity index (χ4n) is 2.36. The van der Waals surface area contributed by atoms with E-state index in [2.05, 4.69) is 41.5 Å². The van der Waals surface area contributed by atoms with Crippen molar-refractivity contribution in [2.75, 3.05) is 13.7 Å². The lowest BCUT2D eigenvalue weighted by molar-refractivity contribution is 0.161. The number of nitrogens with one attached hydrogen (secondary N) is 1. The van der Waals surface area contributed by atoms with Crippen LogP contribution in [0.1, 0.15) is 25.3 Å². The molecule has 0 saturated carbocycles. The number of hydrogen-bond donors (Lipinski definition) is 1. The van der Waals surface area contributed by atoms with Crippen molar-refractivity contribution < 1.29 is 4.74 Å². The van der Waals surface area contributed by atoms with Gasteiger partial charge in [0, 0.05) is 31.3 Å². The third kappa shape index (κ3) is 3.75. The van der Waals surface area contributed by atoms with Gasteiger partial charge in [0.15, 0.2) is 0 Å². The molecule has 0 spiro atoms. The zero-order valence-corrected chi connectivity index (χ0v) is 11.7. The SMILES string of the molecule is CCCC(COC)NCc1cccc2cccnc12. The van der Waals surface area contributed by atoms with Gasteiger partial charge >= 0.3 is 0 Å². The lowest BCUT2D eigenvalue weighted by atomic mass is 10.1. The standard InChI is InChI=1S/C16H22N2O/c1-3-6-15(12-19-2)18-11-14-8-4-7-13-9-5-10-17-16(13)14/h4-5,7-10,15,18H,3,6,11-12H2,1-2H3. The Bertz CT molecular complexity index is 502.